The zero-order valence-corrected chi connectivity index (χ0v) is 8.92. The first-order valence-electron chi connectivity index (χ1n) is 5.00. The number of aryl methyl sites for hydroxylation is 2. The van der Waals surface area contributed by atoms with E-state index in [0.29, 0.717) is 0 Å². The van der Waals surface area contributed by atoms with Crippen molar-refractivity contribution in [1.82, 2.24) is 0 Å². The molecule has 0 aliphatic heterocycles. The van der Waals surface area contributed by atoms with Gasteiger partial charge in [-0.15, -0.1) is 0 Å². The third-order valence-corrected chi connectivity index (χ3v) is 2.62. The van der Waals surface area contributed by atoms with Crippen LogP contribution in [0.25, 0.3) is 11.1 Å². The normalized spacial score (nSPS) is 10.3. The van der Waals surface area contributed by atoms with E-state index in [1.54, 1.807) is 6.07 Å². The molecule has 0 amide bonds. The van der Waals surface area contributed by atoms with Gasteiger partial charge in [0, 0.05) is 0 Å². The van der Waals surface area contributed by atoms with Crippen LogP contribution in [0, 0.1) is 19.7 Å². The molecule has 0 aromatic heterocycles. The Balaban J connectivity index is 2.60. The van der Waals surface area contributed by atoms with Crippen LogP contribution in [-0.2, 0) is 0 Å². The number of benzene rings is 2. The molecular weight excluding hydrogens is 187 g/mol. The molecule has 0 bridgehead atoms. The summed E-state index contributed by atoms with van der Waals surface area (Å²) in [4.78, 5) is 0. The van der Waals surface area contributed by atoms with Crippen molar-refractivity contribution in [3.63, 3.8) is 0 Å². The van der Waals surface area contributed by atoms with Gasteiger partial charge >= 0.3 is 0 Å². The third kappa shape index (κ3) is 1.91. The van der Waals surface area contributed by atoms with Crippen LogP contribution in [0.2, 0.25) is 0 Å². The van der Waals surface area contributed by atoms with Crippen molar-refractivity contribution in [2.45, 2.75) is 13.8 Å². The average Bonchev–Trinajstić information content (AvgIpc) is 2.20. The quantitative estimate of drug-likeness (QED) is 0.649. The van der Waals surface area contributed by atoms with Crippen molar-refractivity contribution >= 4 is 0 Å². The van der Waals surface area contributed by atoms with Gasteiger partial charge in [0.15, 0.2) is 0 Å². The van der Waals surface area contributed by atoms with E-state index < -0.39 is 0 Å². The van der Waals surface area contributed by atoms with Crippen molar-refractivity contribution < 1.29 is 4.39 Å². The molecule has 0 aliphatic carbocycles. The van der Waals surface area contributed by atoms with Crippen LogP contribution in [0.4, 0.5) is 4.39 Å². The molecule has 0 fully saturated rings. The summed E-state index contributed by atoms with van der Waals surface area (Å²) in [6.45, 7) is 4.00. The first-order chi connectivity index (χ1) is 7.18. The van der Waals surface area contributed by atoms with Gasteiger partial charge in [-0.25, -0.2) is 4.39 Å². The minimum Gasteiger partial charge on any atom is -0.207 e. The maximum atomic E-state index is 13.0. The molecule has 2 aromatic rings. The third-order valence-electron chi connectivity index (χ3n) is 2.62. The maximum Gasteiger partial charge on any atom is 0.123 e. The Morgan fingerprint density at radius 3 is 2.13 bits per heavy atom. The lowest BCUT2D eigenvalue weighted by atomic mass is 9.97. The predicted octanol–water partition coefficient (Wildman–Crippen LogP) is 4.11. The summed E-state index contributed by atoms with van der Waals surface area (Å²) in [5, 5.41) is 0. The van der Waals surface area contributed by atoms with Gasteiger partial charge in [0.05, 0.1) is 0 Å². The molecule has 15 heavy (non-hydrogen) atoms. The minimum absolute atomic E-state index is 0.176. The fourth-order valence-electron chi connectivity index (χ4n) is 1.80. The van der Waals surface area contributed by atoms with Gasteiger partial charge in [-0.2, -0.15) is 0 Å². The molecule has 2 aromatic carbocycles. The van der Waals surface area contributed by atoms with Crippen LogP contribution in [0.5, 0.6) is 0 Å². The second-order valence-electron chi connectivity index (χ2n) is 3.77. The lowest BCUT2D eigenvalue weighted by Gasteiger charge is -2.08. The van der Waals surface area contributed by atoms with Gasteiger partial charge in [0.25, 0.3) is 0 Å². The second-order valence-corrected chi connectivity index (χ2v) is 3.77. The molecule has 0 atom stereocenters. The highest BCUT2D eigenvalue weighted by Gasteiger charge is 2.04. The molecule has 0 radical (unpaired) electrons. The highest BCUT2D eigenvalue weighted by atomic mass is 19.1. The van der Waals surface area contributed by atoms with Gasteiger partial charge in [-0.05, 0) is 48.2 Å². The summed E-state index contributed by atoms with van der Waals surface area (Å²) in [5.74, 6) is -0.176. The van der Waals surface area contributed by atoms with Crippen LogP contribution >= 0.6 is 0 Å². The topological polar surface area (TPSA) is 0 Å². The number of rotatable bonds is 1. The molecule has 76 valence electrons. The number of hydrogen-bond acceptors (Lipinski definition) is 0. The predicted molar refractivity (Wildman–Crippen MR) is 61.3 cm³/mol. The molecule has 0 heterocycles. The SMILES string of the molecule is Cc1ccccc1-c1ccc(F)cc1C. The van der Waals surface area contributed by atoms with E-state index in [1.807, 2.05) is 25.1 Å². The van der Waals surface area contributed by atoms with Crippen LogP contribution < -0.4 is 0 Å². The minimum atomic E-state index is -0.176. The van der Waals surface area contributed by atoms with Crippen LogP contribution in [0.1, 0.15) is 11.1 Å². The summed E-state index contributed by atoms with van der Waals surface area (Å²) in [6, 6.07) is 13.1. The van der Waals surface area contributed by atoms with Crippen molar-refractivity contribution in [3.05, 3.63) is 59.4 Å². The monoisotopic (exact) mass is 200 g/mol. The molecule has 0 spiro atoms. The zero-order chi connectivity index (χ0) is 10.8. The Hall–Kier alpha value is -1.63. The molecule has 0 aliphatic rings. The Morgan fingerprint density at radius 1 is 0.800 bits per heavy atom. The second kappa shape index (κ2) is 3.85. The van der Waals surface area contributed by atoms with Crippen LogP contribution in [0.3, 0.4) is 0 Å². The molecule has 0 saturated carbocycles. The smallest absolute Gasteiger partial charge is 0.123 e. The van der Waals surface area contributed by atoms with Crippen molar-refractivity contribution in [2.75, 3.05) is 0 Å². The molecule has 0 unspecified atom stereocenters. The van der Waals surface area contributed by atoms with Crippen LogP contribution in [-0.4, -0.2) is 0 Å². The Kier molecular flexibility index (Phi) is 2.55. The summed E-state index contributed by atoms with van der Waals surface area (Å²) < 4.78 is 13.0. The Labute approximate surface area is 89.4 Å². The summed E-state index contributed by atoms with van der Waals surface area (Å²) in [5.41, 5.74) is 4.47. The van der Waals surface area contributed by atoms with Gasteiger partial charge in [-0.3, -0.25) is 0 Å². The standard InChI is InChI=1S/C14H13F/c1-10-5-3-4-6-13(10)14-8-7-12(15)9-11(14)2/h3-9H,1-2H3. The van der Waals surface area contributed by atoms with E-state index in [0.717, 1.165) is 11.1 Å². The van der Waals surface area contributed by atoms with Crippen molar-refractivity contribution in [1.29, 1.82) is 0 Å². The summed E-state index contributed by atoms with van der Waals surface area (Å²) in [7, 11) is 0. The Morgan fingerprint density at radius 2 is 1.47 bits per heavy atom. The summed E-state index contributed by atoms with van der Waals surface area (Å²) in [6.07, 6.45) is 0. The van der Waals surface area contributed by atoms with Gasteiger partial charge in [0.1, 0.15) is 5.82 Å². The molecular formula is C14H13F. The van der Waals surface area contributed by atoms with E-state index in [1.165, 1.54) is 17.2 Å². The molecule has 1 heteroatoms. The van der Waals surface area contributed by atoms with E-state index in [-0.39, 0.29) is 5.82 Å². The molecule has 0 N–H and O–H groups in total. The Bertz CT molecular complexity index is 486. The van der Waals surface area contributed by atoms with E-state index in [4.69, 9.17) is 0 Å². The fraction of sp³-hybridized carbons (Fsp3) is 0.143. The maximum absolute atomic E-state index is 13.0. The lowest BCUT2D eigenvalue weighted by molar-refractivity contribution is 0.627. The number of hydrogen-bond donors (Lipinski definition) is 0. The van der Waals surface area contributed by atoms with Crippen LogP contribution in [0.15, 0.2) is 42.5 Å². The van der Waals surface area contributed by atoms with Gasteiger partial charge in [-0.1, -0.05) is 30.3 Å². The molecule has 0 saturated heterocycles. The van der Waals surface area contributed by atoms with E-state index in [9.17, 15) is 4.39 Å². The largest absolute Gasteiger partial charge is 0.207 e. The highest BCUT2D eigenvalue weighted by molar-refractivity contribution is 5.70. The summed E-state index contributed by atoms with van der Waals surface area (Å²) >= 11 is 0. The average molecular weight is 200 g/mol. The van der Waals surface area contributed by atoms with Gasteiger partial charge < -0.3 is 0 Å². The van der Waals surface area contributed by atoms with Crippen molar-refractivity contribution in [3.8, 4) is 11.1 Å². The van der Waals surface area contributed by atoms with E-state index >= 15 is 0 Å². The van der Waals surface area contributed by atoms with Gasteiger partial charge in [0.2, 0.25) is 0 Å². The van der Waals surface area contributed by atoms with E-state index in [2.05, 4.69) is 19.1 Å². The lowest BCUT2D eigenvalue weighted by Crippen LogP contribution is -1.87. The number of halogens is 1. The fourth-order valence-corrected chi connectivity index (χ4v) is 1.80. The molecule has 0 nitrogen and oxygen atoms in total. The zero-order valence-electron chi connectivity index (χ0n) is 8.92. The van der Waals surface area contributed by atoms with Crippen molar-refractivity contribution in [2.24, 2.45) is 0 Å². The molecule has 2 rings (SSSR count). The first kappa shape index (κ1) is 9.91. The highest BCUT2D eigenvalue weighted by Crippen LogP contribution is 2.26. The first-order valence-corrected chi connectivity index (χ1v) is 5.00.